The number of carbonyl (C=O) groups is 1. The highest BCUT2D eigenvalue weighted by molar-refractivity contribution is 14.1. The molecule has 0 saturated carbocycles. The summed E-state index contributed by atoms with van der Waals surface area (Å²) < 4.78 is 1.05. The Bertz CT molecular complexity index is 830. The first-order valence-electron chi connectivity index (χ1n) is 7.22. The van der Waals surface area contributed by atoms with Gasteiger partial charge in [-0.05, 0) is 64.4 Å². The summed E-state index contributed by atoms with van der Waals surface area (Å²) in [7, 11) is 0. The molecule has 1 heterocycles. The Morgan fingerprint density at radius 3 is 2.30 bits per heavy atom. The van der Waals surface area contributed by atoms with Crippen molar-refractivity contribution in [1.82, 2.24) is 4.98 Å². The van der Waals surface area contributed by atoms with Gasteiger partial charge in [0.15, 0.2) is 0 Å². The van der Waals surface area contributed by atoms with Crippen molar-refractivity contribution in [2.45, 2.75) is 6.92 Å². The van der Waals surface area contributed by atoms with E-state index >= 15 is 0 Å². The van der Waals surface area contributed by atoms with E-state index in [1.807, 2.05) is 67.6 Å². The second-order valence-corrected chi connectivity index (χ2v) is 6.46. The first-order valence-corrected chi connectivity index (χ1v) is 8.30. The van der Waals surface area contributed by atoms with Crippen LogP contribution in [0.2, 0.25) is 0 Å². The molecule has 0 spiro atoms. The summed E-state index contributed by atoms with van der Waals surface area (Å²) in [6.07, 6.45) is 1.74. The lowest BCUT2D eigenvalue weighted by Gasteiger charge is -2.08. The fourth-order valence-corrected chi connectivity index (χ4v) is 2.90. The Balaban J connectivity index is 1.78. The quantitative estimate of drug-likeness (QED) is 0.619. The molecular formula is C19H15IN2O. The highest BCUT2D eigenvalue weighted by Gasteiger charge is 2.09. The van der Waals surface area contributed by atoms with Crippen molar-refractivity contribution in [3.05, 3.63) is 81.6 Å². The highest BCUT2D eigenvalue weighted by Crippen LogP contribution is 2.20. The number of anilines is 1. The molecule has 0 aliphatic carbocycles. The fourth-order valence-electron chi connectivity index (χ4n) is 2.30. The summed E-state index contributed by atoms with van der Waals surface area (Å²) in [4.78, 5) is 16.6. The molecule has 114 valence electrons. The molecule has 1 amide bonds. The smallest absolute Gasteiger partial charge is 0.256 e. The number of pyridine rings is 1. The fraction of sp³-hybridized carbons (Fsp3) is 0.0526. The number of hydrogen-bond donors (Lipinski definition) is 1. The lowest BCUT2D eigenvalue weighted by Crippen LogP contribution is -2.13. The molecule has 3 rings (SSSR count). The summed E-state index contributed by atoms with van der Waals surface area (Å²) >= 11 is 2.20. The predicted octanol–water partition coefficient (Wildman–Crippen LogP) is 4.91. The predicted molar refractivity (Wildman–Crippen MR) is 102 cm³/mol. The lowest BCUT2D eigenvalue weighted by molar-refractivity contribution is 0.102. The molecule has 1 N–H and O–H groups in total. The molecule has 4 heteroatoms. The number of hydrogen-bond acceptors (Lipinski definition) is 2. The minimum absolute atomic E-state index is 0.151. The summed E-state index contributed by atoms with van der Waals surface area (Å²) in [5.41, 5.74) is 3.79. The Morgan fingerprint density at radius 2 is 1.65 bits per heavy atom. The summed E-state index contributed by atoms with van der Waals surface area (Å²) in [6.45, 7) is 1.93. The van der Waals surface area contributed by atoms with Crippen LogP contribution in [-0.2, 0) is 0 Å². The van der Waals surface area contributed by atoms with E-state index in [1.165, 1.54) is 0 Å². The minimum atomic E-state index is -0.151. The molecular weight excluding hydrogens is 399 g/mol. The number of nitrogens with one attached hydrogen (secondary N) is 1. The number of carbonyl (C=O) groups excluding carboxylic acids is 1. The monoisotopic (exact) mass is 414 g/mol. The van der Waals surface area contributed by atoms with Gasteiger partial charge in [0.2, 0.25) is 0 Å². The molecule has 0 aliphatic rings. The SMILES string of the molecule is Cc1cc(I)cnc1NC(=O)c1ccc(-c2ccccc2)cc1. The van der Waals surface area contributed by atoms with Gasteiger partial charge in [-0.15, -0.1) is 0 Å². The molecule has 0 aliphatic heterocycles. The van der Waals surface area contributed by atoms with Crippen molar-refractivity contribution >= 4 is 34.3 Å². The Morgan fingerprint density at radius 1 is 1.00 bits per heavy atom. The first kappa shape index (κ1) is 15.7. The Kier molecular flexibility index (Phi) is 4.71. The third-order valence-corrected chi connectivity index (χ3v) is 4.12. The number of aromatic nitrogens is 1. The molecule has 2 aromatic carbocycles. The van der Waals surface area contributed by atoms with E-state index in [1.54, 1.807) is 6.20 Å². The average Bonchev–Trinajstić information content (AvgIpc) is 2.58. The van der Waals surface area contributed by atoms with Crippen LogP contribution in [0.4, 0.5) is 5.82 Å². The van der Waals surface area contributed by atoms with Crippen LogP contribution in [0.1, 0.15) is 15.9 Å². The zero-order valence-electron chi connectivity index (χ0n) is 12.6. The summed E-state index contributed by atoms with van der Waals surface area (Å²) in [5, 5.41) is 2.86. The first-order chi connectivity index (χ1) is 11.1. The van der Waals surface area contributed by atoms with E-state index < -0.39 is 0 Å². The number of aryl methyl sites for hydroxylation is 1. The van der Waals surface area contributed by atoms with E-state index in [0.29, 0.717) is 11.4 Å². The maximum Gasteiger partial charge on any atom is 0.256 e. The van der Waals surface area contributed by atoms with E-state index in [0.717, 1.165) is 20.3 Å². The third-order valence-electron chi connectivity index (χ3n) is 3.53. The number of halogens is 1. The zero-order chi connectivity index (χ0) is 16.2. The molecule has 1 aromatic heterocycles. The van der Waals surface area contributed by atoms with Crippen LogP contribution in [0.15, 0.2) is 66.9 Å². The molecule has 0 saturated heterocycles. The second-order valence-electron chi connectivity index (χ2n) is 5.22. The van der Waals surface area contributed by atoms with Crippen LogP contribution in [-0.4, -0.2) is 10.9 Å². The minimum Gasteiger partial charge on any atom is -0.306 e. The maximum absolute atomic E-state index is 12.3. The topological polar surface area (TPSA) is 42.0 Å². The van der Waals surface area contributed by atoms with Crippen molar-refractivity contribution in [3.63, 3.8) is 0 Å². The van der Waals surface area contributed by atoms with Crippen molar-refractivity contribution < 1.29 is 4.79 Å². The largest absolute Gasteiger partial charge is 0.306 e. The van der Waals surface area contributed by atoms with Crippen LogP contribution in [0.5, 0.6) is 0 Å². The van der Waals surface area contributed by atoms with Gasteiger partial charge >= 0.3 is 0 Å². The average molecular weight is 414 g/mol. The highest BCUT2D eigenvalue weighted by atomic mass is 127. The summed E-state index contributed by atoms with van der Waals surface area (Å²) in [6, 6.07) is 19.7. The van der Waals surface area contributed by atoms with Crippen molar-refractivity contribution in [3.8, 4) is 11.1 Å². The van der Waals surface area contributed by atoms with Gasteiger partial charge in [0.05, 0.1) is 0 Å². The van der Waals surface area contributed by atoms with Gasteiger partial charge in [0.1, 0.15) is 5.82 Å². The lowest BCUT2D eigenvalue weighted by atomic mass is 10.0. The molecule has 0 bridgehead atoms. The van der Waals surface area contributed by atoms with Crippen molar-refractivity contribution in [2.75, 3.05) is 5.32 Å². The van der Waals surface area contributed by atoms with Crippen LogP contribution >= 0.6 is 22.6 Å². The molecule has 0 fully saturated rings. The molecule has 3 aromatic rings. The number of rotatable bonds is 3. The van der Waals surface area contributed by atoms with Gasteiger partial charge in [-0.3, -0.25) is 4.79 Å². The van der Waals surface area contributed by atoms with Crippen LogP contribution in [0.3, 0.4) is 0 Å². The van der Waals surface area contributed by atoms with Crippen molar-refractivity contribution in [2.24, 2.45) is 0 Å². The van der Waals surface area contributed by atoms with E-state index in [9.17, 15) is 4.79 Å². The van der Waals surface area contributed by atoms with Crippen molar-refractivity contribution in [1.29, 1.82) is 0 Å². The van der Waals surface area contributed by atoms with Gasteiger partial charge in [-0.25, -0.2) is 4.98 Å². The van der Waals surface area contributed by atoms with Gasteiger partial charge in [-0.2, -0.15) is 0 Å². The van der Waals surface area contributed by atoms with Gasteiger partial charge < -0.3 is 5.32 Å². The maximum atomic E-state index is 12.3. The molecule has 0 atom stereocenters. The molecule has 3 nitrogen and oxygen atoms in total. The summed E-state index contributed by atoms with van der Waals surface area (Å²) in [5.74, 6) is 0.448. The number of nitrogens with zero attached hydrogens (tertiary/aromatic N) is 1. The number of benzene rings is 2. The van der Waals surface area contributed by atoms with E-state index in [2.05, 4.69) is 32.9 Å². The Labute approximate surface area is 148 Å². The molecule has 0 radical (unpaired) electrons. The normalized spacial score (nSPS) is 10.3. The van der Waals surface area contributed by atoms with Gasteiger partial charge in [-0.1, -0.05) is 42.5 Å². The van der Waals surface area contributed by atoms with Crippen LogP contribution in [0.25, 0.3) is 11.1 Å². The standard InChI is InChI=1S/C19H15IN2O/c1-13-11-17(20)12-21-18(13)22-19(23)16-9-7-15(8-10-16)14-5-3-2-4-6-14/h2-12H,1H3,(H,21,22,23). The zero-order valence-corrected chi connectivity index (χ0v) is 14.7. The van der Waals surface area contributed by atoms with E-state index in [4.69, 9.17) is 0 Å². The second kappa shape index (κ2) is 6.91. The molecule has 23 heavy (non-hydrogen) atoms. The van der Waals surface area contributed by atoms with Crippen LogP contribution in [0, 0.1) is 10.5 Å². The van der Waals surface area contributed by atoms with Crippen LogP contribution < -0.4 is 5.32 Å². The Hall–Kier alpha value is -2.21. The molecule has 0 unspecified atom stereocenters. The van der Waals surface area contributed by atoms with E-state index in [-0.39, 0.29) is 5.91 Å². The number of amides is 1. The third kappa shape index (κ3) is 3.76. The van der Waals surface area contributed by atoms with Gasteiger partial charge in [0, 0.05) is 15.3 Å². The van der Waals surface area contributed by atoms with Gasteiger partial charge in [0.25, 0.3) is 5.91 Å².